The summed E-state index contributed by atoms with van der Waals surface area (Å²) in [6.07, 6.45) is 0. The van der Waals surface area contributed by atoms with Crippen LogP contribution in [0.2, 0.25) is 10.0 Å². The predicted molar refractivity (Wildman–Crippen MR) is 61.8 cm³/mol. The third-order valence-corrected chi connectivity index (χ3v) is 2.65. The van der Waals surface area contributed by atoms with Gasteiger partial charge in [0.1, 0.15) is 0 Å². The number of nitrogens with one attached hydrogen (secondary N) is 1. The first-order valence-corrected chi connectivity index (χ1v) is 5.14. The quantitative estimate of drug-likeness (QED) is 0.868. The van der Waals surface area contributed by atoms with E-state index in [0.717, 1.165) is 5.56 Å². The van der Waals surface area contributed by atoms with Crippen LogP contribution in [0.5, 0.6) is 0 Å². The monoisotopic (exact) mass is 258 g/mol. The van der Waals surface area contributed by atoms with Crippen LogP contribution in [-0.2, 0) is 6.54 Å². The average Bonchev–Trinajstić information content (AvgIpc) is 2.66. The number of anilines is 1. The average molecular weight is 259 g/mol. The Morgan fingerprint density at radius 1 is 1.31 bits per heavy atom. The number of nitrogens with zero attached hydrogens (tertiary/aromatic N) is 4. The minimum Gasteiger partial charge on any atom is -0.365 e. The SMILES string of the molecule is Nc1nnnn1NCc1ccc(Cl)c(Cl)c1. The smallest absolute Gasteiger partial charge is 0.260 e. The number of tetrazole rings is 1. The fourth-order valence-corrected chi connectivity index (χ4v) is 1.44. The van der Waals surface area contributed by atoms with E-state index < -0.39 is 0 Å². The number of nitrogens with two attached hydrogens (primary N) is 1. The minimum absolute atomic E-state index is 0.195. The zero-order chi connectivity index (χ0) is 11.5. The third-order valence-electron chi connectivity index (χ3n) is 1.91. The van der Waals surface area contributed by atoms with Gasteiger partial charge in [0.15, 0.2) is 0 Å². The van der Waals surface area contributed by atoms with Crippen LogP contribution < -0.4 is 11.2 Å². The van der Waals surface area contributed by atoms with Crippen LogP contribution in [0, 0.1) is 0 Å². The Bertz CT molecular complexity index is 497. The number of halogens is 2. The van der Waals surface area contributed by atoms with E-state index in [1.807, 2.05) is 6.07 Å². The molecule has 2 rings (SSSR count). The highest BCUT2D eigenvalue weighted by atomic mass is 35.5. The molecule has 84 valence electrons. The van der Waals surface area contributed by atoms with Gasteiger partial charge in [0.25, 0.3) is 5.95 Å². The maximum absolute atomic E-state index is 5.87. The first-order valence-electron chi connectivity index (χ1n) is 4.38. The van der Waals surface area contributed by atoms with Crippen LogP contribution in [-0.4, -0.2) is 20.3 Å². The van der Waals surface area contributed by atoms with Crippen LogP contribution in [0.1, 0.15) is 5.56 Å². The molecule has 0 bridgehead atoms. The summed E-state index contributed by atoms with van der Waals surface area (Å²) in [7, 11) is 0. The highest BCUT2D eigenvalue weighted by molar-refractivity contribution is 6.42. The molecule has 0 saturated heterocycles. The number of hydrogen-bond donors (Lipinski definition) is 2. The zero-order valence-corrected chi connectivity index (χ0v) is 9.57. The van der Waals surface area contributed by atoms with Crippen molar-refractivity contribution in [3.05, 3.63) is 33.8 Å². The molecule has 0 amide bonds. The van der Waals surface area contributed by atoms with Crippen molar-refractivity contribution in [2.75, 3.05) is 11.2 Å². The van der Waals surface area contributed by atoms with Gasteiger partial charge in [0.05, 0.1) is 16.6 Å². The molecule has 0 aliphatic carbocycles. The molecule has 16 heavy (non-hydrogen) atoms. The first kappa shape index (κ1) is 11.0. The number of nitrogen functional groups attached to an aromatic ring is 1. The van der Waals surface area contributed by atoms with Crippen LogP contribution in [0.3, 0.4) is 0 Å². The van der Waals surface area contributed by atoms with Gasteiger partial charge in [-0.25, -0.2) is 0 Å². The highest BCUT2D eigenvalue weighted by Gasteiger charge is 2.02. The number of rotatable bonds is 3. The maximum Gasteiger partial charge on any atom is 0.260 e. The van der Waals surface area contributed by atoms with E-state index in [1.165, 1.54) is 4.79 Å². The second-order valence-electron chi connectivity index (χ2n) is 3.03. The number of aromatic nitrogens is 4. The van der Waals surface area contributed by atoms with Gasteiger partial charge in [0.2, 0.25) is 0 Å². The largest absolute Gasteiger partial charge is 0.365 e. The van der Waals surface area contributed by atoms with Crippen molar-refractivity contribution in [2.24, 2.45) is 0 Å². The molecule has 6 nitrogen and oxygen atoms in total. The molecule has 0 saturated carbocycles. The lowest BCUT2D eigenvalue weighted by Gasteiger charge is -2.06. The van der Waals surface area contributed by atoms with Gasteiger partial charge in [-0.2, -0.15) is 0 Å². The lowest BCUT2D eigenvalue weighted by Crippen LogP contribution is -2.18. The molecule has 0 aliphatic rings. The van der Waals surface area contributed by atoms with Crippen molar-refractivity contribution in [3.63, 3.8) is 0 Å². The Morgan fingerprint density at radius 2 is 2.12 bits per heavy atom. The summed E-state index contributed by atoms with van der Waals surface area (Å²) in [5.41, 5.74) is 9.33. The molecule has 2 aromatic rings. The van der Waals surface area contributed by atoms with Crippen molar-refractivity contribution in [2.45, 2.75) is 6.54 Å². The summed E-state index contributed by atoms with van der Waals surface area (Å²) in [5, 5.41) is 11.6. The minimum atomic E-state index is 0.195. The molecule has 1 heterocycles. The van der Waals surface area contributed by atoms with Crippen molar-refractivity contribution in [1.29, 1.82) is 0 Å². The Morgan fingerprint density at radius 3 is 2.75 bits per heavy atom. The molecule has 0 aliphatic heterocycles. The fraction of sp³-hybridized carbons (Fsp3) is 0.125. The van der Waals surface area contributed by atoms with E-state index in [2.05, 4.69) is 21.0 Å². The third kappa shape index (κ3) is 2.34. The molecule has 8 heteroatoms. The van der Waals surface area contributed by atoms with Gasteiger partial charge in [-0.05, 0) is 28.1 Å². The van der Waals surface area contributed by atoms with E-state index in [0.29, 0.717) is 16.6 Å². The summed E-state index contributed by atoms with van der Waals surface area (Å²) in [5.74, 6) is 0.195. The van der Waals surface area contributed by atoms with E-state index in [4.69, 9.17) is 28.9 Å². The molecular formula is C8H8Cl2N6. The second-order valence-corrected chi connectivity index (χ2v) is 3.85. The van der Waals surface area contributed by atoms with Crippen molar-refractivity contribution in [1.82, 2.24) is 20.3 Å². The lowest BCUT2D eigenvalue weighted by molar-refractivity contribution is 0.693. The number of hydrogen-bond acceptors (Lipinski definition) is 5. The van der Waals surface area contributed by atoms with E-state index in [1.54, 1.807) is 12.1 Å². The summed E-state index contributed by atoms with van der Waals surface area (Å²) < 4.78 is 0. The molecule has 0 unspecified atom stereocenters. The first-order chi connectivity index (χ1) is 7.66. The van der Waals surface area contributed by atoms with Crippen LogP contribution in [0.15, 0.2) is 18.2 Å². The summed E-state index contributed by atoms with van der Waals surface area (Å²) >= 11 is 11.7. The summed E-state index contributed by atoms with van der Waals surface area (Å²) in [6, 6.07) is 5.34. The second kappa shape index (κ2) is 4.54. The van der Waals surface area contributed by atoms with E-state index >= 15 is 0 Å². The normalized spacial score (nSPS) is 10.4. The Kier molecular flexibility index (Phi) is 3.12. The number of benzene rings is 1. The molecular weight excluding hydrogens is 251 g/mol. The molecule has 0 atom stereocenters. The highest BCUT2D eigenvalue weighted by Crippen LogP contribution is 2.22. The van der Waals surface area contributed by atoms with Gasteiger partial charge in [-0.15, -0.1) is 4.79 Å². The van der Waals surface area contributed by atoms with Crippen LogP contribution in [0.4, 0.5) is 5.95 Å². The van der Waals surface area contributed by atoms with E-state index in [-0.39, 0.29) is 5.95 Å². The van der Waals surface area contributed by atoms with Crippen LogP contribution >= 0.6 is 23.2 Å². The van der Waals surface area contributed by atoms with E-state index in [9.17, 15) is 0 Å². The summed E-state index contributed by atoms with van der Waals surface area (Å²) in [6.45, 7) is 0.492. The fourth-order valence-electron chi connectivity index (χ4n) is 1.12. The van der Waals surface area contributed by atoms with Crippen molar-refractivity contribution >= 4 is 29.2 Å². The Hall–Kier alpha value is -1.53. The standard InChI is InChI=1S/C8H8Cl2N6/c9-6-2-1-5(3-7(6)10)4-12-16-8(11)13-14-15-16/h1-3,12H,4H2,(H2,11,13,15). The lowest BCUT2D eigenvalue weighted by atomic mass is 10.2. The molecule has 0 fully saturated rings. The maximum atomic E-state index is 5.87. The van der Waals surface area contributed by atoms with Crippen LogP contribution in [0.25, 0.3) is 0 Å². The van der Waals surface area contributed by atoms with Gasteiger partial charge in [0, 0.05) is 0 Å². The van der Waals surface area contributed by atoms with Gasteiger partial charge in [-0.1, -0.05) is 34.4 Å². The predicted octanol–water partition coefficient (Wildman–Crippen LogP) is 1.31. The van der Waals surface area contributed by atoms with Crippen molar-refractivity contribution < 1.29 is 0 Å². The van der Waals surface area contributed by atoms with Gasteiger partial charge >= 0.3 is 0 Å². The molecule has 0 radical (unpaired) electrons. The molecule has 1 aromatic carbocycles. The Balaban J connectivity index is 2.05. The van der Waals surface area contributed by atoms with Crippen molar-refractivity contribution in [3.8, 4) is 0 Å². The summed E-state index contributed by atoms with van der Waals surface area (Å²) in [4.78, 5) is 1.28. The van der Waals surface area contributed by atoms with Gasteiger partial charge in [-0.3, -0.25) is 0 Å². The Labute approximate surface area is 101 Å². The zero-order valence-electron chi connectivity index (χ0n) is 8.06. The topological polar surface area (TPSA) is 81.7 Å². The molecule has 0 spiro atoms. The van der Waals surface area contributed by atoms with Gasteiger partial charge < -0.3 is 11.2 Å². The molecule has 1 aromatic heterocycles. The molecule has 3 N–H and O–H groups in total.